The summed E-state index contributed by atoms with van der Waals surface area (Å²) < 4.78 is 0. The maximum absolute atomic E-state index is 12.0. The number of fused-ring (bicyclic) bond motifs is 1. The van der Waals surface area contributed by atoms with E-state index in [4.69, 9.17) is 0 Å². The molecule has 0 unspecified atom stereocenters. The van der Waals surface area contributed by atoms with Crippen molar-refractivity contribution >= 4 is 23.2 Å². The Bertz CT molecular complexity index is 511. The van der Waals surface area contributed by atoms with Crippen molar-refractivity contribution < 1.29 is 9.59 Å². The van der Waals surface area contributed by atoms with Crippen molar-refractivity contribution in [1.82, 2.24) is 0 Å². The van der Waals surface area contributed by atoms with Gasteiger partial charge in [-0.25, -0.2) is 0 Å². The lowest BCUT2D eigenvalue weighted by Crippen LogP contribution is -2.35. The second-order valence-corrected chi connectivity index (χ2v) is 5.14. The molecule has 0 aromatic heterocycles. The second kappa shape index (κ2) is 6.55. The summed E-state index contributed by atoms with van der Waals surface area (Å²) in [6.45, 7) is 4.63. The highest BCUT2D eigenvalue weighted by atomic mass is 16.2. The lowest BCUT2D eigenvalue weighted by atomic mass is 10.0. The number of amides is 2. The summed E-state index contributed by atoms with van der Waals surface area (Å²) in [5, 5.41) is 2.89. The lowest BCUT2D eigenvalue weighted by Gasteiger charge is -2.29. The number of nitrogens with zero attached hydrogens (tertiary/aromatic N) is 1. The van der Waals surface area contributed by atoms with Gasteiger partial charge in [0.1, 0.15) is 0 Å². The quantitative estimate of drug-likeness (QED) is 0.917. The standard InChI is InChI=1S/C16H22N2O2/c1-3-6-15(19)17-13-9-8-12-7-5-10-18(14(12)11-13)16(20)4-2/h8-9,11H,3-7,10H2,1-2H3,(H,17,19). The van der Waals surface area contributed by atoms with Crippen LogP contribution in [0, 0.1) is 0 Å². The first-order valence-electron chi connectivity index (χ1n) is 7.38. The average Bonchev–Trinajstić information content (AvgIpc) is 2.46. The van der Waals surface area contributed by atoms with Crippen molar-refractivity contribution in [1.29, 1.82) is 0 Å². The number of nitrogens with one attached hydrogen (secondary N) is 1. The van der Waals surface area contributed by atoms with Crippen molar-refractivity contribution in [3.05, 3.63) is 23.8 Å². The van der Waals surface area contributed by atoms with Crippen LogP contribution >= 0.6 is 0 Å². The number of rotatable bonds is 4. The van der Waals surface area contributed by atoms with Crippen LogP contribution in [0.15, 0.2) is 18.2 Å². The van der Waals surface area contributed by atoms with E-state index in [0.29, 0.717) is 12.8 Å². The molecule has 1 N–H and O–H groups in total. The van der Waals surface area contributed by atoms with Gasteiger partial charge in [0.15, 0.2) is 0 Å². The van der Waals surface area contributed by atoms with Crippen molar-refractivity contribution in [2.24, 2.45) is 0 Å². The molecule has 4 heteroatoms. The highest BCUT2D eigenvalue weighted by Crippen LogP contribution is 2.30. The first-order chi connectivity index (χ1) is 9.65. The number of hydrogen-bond donors (Lipinski definition) is 1. The van der Waals surface area contributed by atoms with Crippen molar-refractivity contribution in [3.8, 4) is 0 Å². The van der Waals surface area contributed by atoms with Crippen LogP contribution in [0.2, 0.25) is 0 Å². The Labute approximate surface area is 120 Å². The largest absolute Gasteiger partial charge is 0.326 e. The van der Waals surface area contributed by atoms with Gasteiger partial charge in [-0.2, -0.15) is 0 Å². The summed E-state index contributed by atoms with van der Waals surface area (Å²) in [7, 11) is 0. The smallest absolute Gasteiger partial charge is 0.226 e. The van der Waals surface area contributed by atoms with Crippen LogP contribution in [0.3, 0.4) is 0 Å². The summed E-state index contributed by atoms with van der Waals surface area (Å²) in [6.07, 6.45) is 3.85. The van der Waals surface area contributed by atoms with Gasteiger partial charge < -0.3 is 10.2 Å². The van der Waals surface area contributed by atoms with Crippen LogP contribution < -0.4 is 10.2 Å². The van der Waals surface area contributed by atoms with Gasteiger partial charge in [0.05, 0.1) is 0 Å². The molecule has 2 rings (SSSR count). The molecule has 4 nitrogen and oxygen atoms in total. The monoisotopic (exact) mass is 274 g/mol. The molecule has 0 radical (unpaired) electrons. The van der Waals surface area contributed by atoms with Gasteiger partial charge in [0.25, 0.3) is 0 Å². The molecular formula is C16H22N2O2. The zero-order valence-corrected chi connectivity index (χ0v) is 12.2. The topological polar surface area (TPSA) is 49.4 Å². The van der Waals surface area contributed by atoms with E-state index < -0.39 is 0 Å². The SMILES string of the molecule is CCCC(=O)Nc1ccc2c(c1)N(C(=O)CC)CCC2. The predicted octanol–water partition coefficient (Wildman–Crippen LogP) is 3.11. The van der Waals surface area contributed by atoms with E-state index in [9.17, 15) is 9.59 Å². The maximum atomic E-state index is 12.0. The van der Waals surface area contributed by atoms with Gasteiger partial charge in [-0.05, 0) is 37.0 Å². The number of benzene rings is 1. The molecule has 1 heterocycles. The predicted molar refractivity (Wildman–Crippen MR) is 80.9 cm³/mol. The van der Waals surface area contributed by atoms with Crippen LogP contribution in [-0.4, -0.2) is 18.4 Å². The molecule has 1 aliphatic rings. The van der Waals surface area contributed by atoms with E-state index in [-0.39, 0.29) is 11.8 Å². The van der Waals surface area contributed by atoms with Gasteiger partial charge >= 0.3 is 0 Å². The molecule has 2 amide bonds. The van der Waals surface area contributed by atoms with Gasteiger partial charge in [-0.3, -0.25) is 9.59 Å². The van der Waals surface area contributed by atoms with Crippen molar-refractivity contribution in [2.45, 2.75) is 46.0 Å². The minimum absolute atomic E-state index is 0.0247. The summed E-state index contributed by atoms with van der Waals surface area (Å²) in [4.78, 5) is 25.5. The number of hydrogen-bond acceptors (Lipinski definition) is 2. The molecule has 0 aliphatic carbocycles. The summed E-state index contributed by atoms with van der Waals surface area (Å²) in [5.74, 6) is 0.166. The third-order valence-corrected chi connectivity index (χ3v) is 3.57. The Hall–Kier alpha value is -1.84. The Morgan fingerprint density at radius 3 is 2.80 bits per heavy atom. The summed E-state index contributed by atoms with van der Waals surface area (Å²) in [5.41, 5.74) is 2.92. The second-order valence-electron chi connectivity index (χ2n) is 5.14. The van der Waals surface area contributed by atoms with E-state index in [1.54, 1.807) is 0 Å². The molecule has 0 fully saturated rings. The fraction of sp³-hybridized carbons (Fsp3) is 0.500. The van der Waals surface area contributed by atoms with Gasteiger partial charge in [-0.15, -0.1) is 0 Å². The van der Waals surface area contributed by atoms with Gasteiger partial charge in [0.2, 0.25) is 11.8 Å². The Morgan fingerprint density at radius 2 is 2.10 bits per heavy atom. The van der Waals surface area contributed by atoms with E-state index in [2.05, 4.69) is 5.32 Å². The molecule has 0 atom stereocenters. The first kappa shape index (κ1) is 14.6. The van der Waals surface area contributed by atoms with E-state index >= 15 is 0 Å². The van der Waals surface area contributed by atoms with Gasteiger partial charge in [-0.1, -0.05) is 19.9 Å². The fourth-order valence-electron chi connectivity index (χ4n) is 2.55. The zero-order valence-electron chi connectivity index (χ0n) is 12.2. The molecule has 1 aromatic carbocycles. The minimum atomic E-state index is 0.0247. The van der Waals surface area contributed by atoms with Crippen molar-refractivity contribution in [2.75, 3.05) is 16.8 Å². The van der Waals surface area contributed by atoms with E-state index in [1.165, 1.54) is 5.56 Å². The summed E-state index contributed by atoms with van der Waals surface area (Å²) >= 11 is 0. The third-order valence-electron chi connectivity index (χ3n) is 3.57. The highest BCUT2D eigenvalue weighted by molar-refractivity contribution is 5.96. The van der Waals surface area contributed by atoms with Crippen LogP contribution in [0.4, 0.5) is 11.4 Å². The Kier molecular flexibility index (Phi) is 4.77. The molecule has 0 spiro atoms. The molecule has 108 valence electrons. The molecule has 0 bridgehead atoms. The average molecular weight is 274 g/mol. The first-order valence-corrected chi connectivity index (χ1v) is 7.38. The number of carbonyl (C=O) groups excluding carboxylic acids is 2. The van der Waals surface area contributed by atoms with Crippen LogP contribution in [0.25, 0.3) is 0 Å². The molecule has 1 aromatic rings. The molecule has 1 aliphatic heterocycles. The number of carbonyl (C=O) groups is 2. The molecular weight excluding hydrogens is 252 g/mol. The van der Waals surface area contributed by atoms with E-state index in [0.717, 1.165) is 37.2 Å². The lowest BCUT2D eigenvalue weighted by molar-refractivity contribution is -0.118. The van der Waals surface area contributed by atoms with Crippen LogP contribution in [-0.2, 0) is 16.0 Å². The number of anilines is 2. The zero-order chi connectivity index (χ0) is 14.5. The Balaban J connectivity index is 2.23. The van der Waals surface area contributed by atoms with E-state index in [1.807, 2.05) is 36.9 Å². The normalized spacial score (nSPS) is 13.8. The maximum Gasteiger partial charge on any atom is 0.226 e. The molecule has 0 saturated heterocycles. The van der Waals surface area contributed by atoms with Gasteiger partial charge in [0, 0.05) is 30.8 Å². The molecule has 20 heavy (non-hydrogen) atoms. The summed E-state index contributed by atoms with van der Waals surface area (Å²) in [6, 6.07) is 5.87. The van der Waals surface area contributed by atoms with Crippen LogP contribution in [0.5, 0.6) is 0 Å². The minimum Gasteiger partial charge on any atom is -0.326 e. The van der Waals surface area contributed by atoms with Crippen molar-refractivity contribution in [3.63, 3.8) is 0 Å². The molecule has 0 saturated carbocycles. The third kappa shape index (κ3) is 3.18. The highest BCUT2D eigenvalue weighted by Gasteiger charge is 2.21. The fourth-order valence-corrected chi connectivity index (χ4v) is 2.55. The Morgan fingerprint density at radius 1 is 1.30 bits per heavy atom. The van der Waals surface area contributed by atoms with Crippen LogP contribution in [0.1, 0.15) is 45.1 Å². The number of aryl methyl sites for hydroxylation is 1.